The van der Waals surface area contributed by atoms with Crippen molar-refractivity contribution < 1.29 is 34.1 Å². The molecule has 0 aromatic heterocycles. The topological polar surface area (TPSA) is 125 Å². The van der Waals surface area contributed by atoms with Gasteiger partial charge in [0.05, 0.1) is 25.7 Å². The number of carbonyl (C=O) groups is 3. The lowest BCUT2D eigenvalue weighted by Crippen LogP contribution is -2.56. The minimum atomic E-state index is -1.12. The Balaban J connectivity index is 2.02. The Labute approximate surface area is 230 Å². The van der Waals surface area contributed by atoms with Crippen molar-refractivity contribution in [1.82, 2.24) is 10.2 Å². The Bertz CT molecular complexity index is 1050. The van der Waals surface area contributed by atoms with E-state index in [0.29, 0.717) is 53.9 Å². The molecule has 4 unspecified atom stereocenters. The predicted molar refractivity (Wildman–Crippen MR) is 148 cm³/mol. The number of hydrogen-bond donors (Lipinski definition) is 3. The van der Waals surface area contributed by atoms with E-state index in [1.54, 1.807) is 23.1 Å². The van der Waals surface area contributed by atoms with Crippen molar-refractivity contribution in [3.63, 3.8) is 0 Å². The second kappa shape index (κ2) is 14.8. The Morgan fingerprint density at radius 2 is 2.00 bits per heavy atom. The average Bonchev–Trinajstić information content (AvgIpc) is 3.34. The highest BCUT2D eigenvalue weighted by atomic mass is 16.5. The van der Waals surface area contributed by atoms with E-state index in [2.05, 4.69) is 18.8 Å². The van der Waals surface area contributed by atoms with Crippen LogP contribution in [0.25, 0.3) is 0 Å². The number of allylic oxidation sites excluding steroid dienone is 1. The molecule has 0 saturated carbocycles. The molecule has 1 aliphatic carbocycles. The van der Waals surface area contributed by atoms with Crippen LogP contribution in [0.4, 0.5) is 0 Å². The van der Waals surface area contributed by atoms with E-state index < -0.39 is 30.1 Å². The SMILES string of the molecule is C=CCCCCC(=O)N(CCCCCC)C1C=C(C(=O)NCCO)C2c3cc(C=O)cc(OC)c3OC2C1O. The molecule has 39 heavy (non-hydrogen) atoms. The molecule has 0 saturated heterocycles. The quantitative estimate of drug-likeness (QED) is 0.166. The zero-order valence-electron chi connectivity index (χ0n) is 23.1. The number of amides is 2. The number of fused-ring (bicyclic) bond motifs is 3. The highest BCUT2D eigenvalue weighted by molar-refractivity contribution is 5.96. The van der Waals surface area contributed by atoms with Crippen LogP contribution in [0.1, 0.15) is 80.1 Å². The van der Waals surface area contributed by atoms with Crippen LogP contribution in [0, 0.1) is 0 Å². The van der Waals surface area contributed by atoms with Crippen molar-refractivity contribution in [3.8, 4) is 11.5 Å². The van der Waals surface area contributed by atoms with Crippen LogP contribution in [0.15, 0.2) is 36.4 Å². The van der Waals surface area contributed by atoms with Gasteiger partial charge in [0.25, 0.3) is 0 Å². The van der Waals surface area contributed by atoms with Crippen LogP contribution >= 0.6 is 0 Å². The van der Waals surface area contributed by atoms with Crippen LogP contribution in [-0.4, -0.2) is 78.3 Å². The van der Waals surface area contributed by atoms with Gasteiger partial charge < -0.3 is 29.9 Å². The van der Waals surface area contributed by atoms with E-state index in [0.717, 1.165) is 38.5 Å². The maximum Gasteiger partial charge on any atom is 0.247 e. The summed E-state index contributed by atoms with van der Waals surface area (Å²) in [6, 6.07) is 2.42. The summed E-state index contributed by atoms with van der Waals surface area (Å²) in [5.74, 6) is -0.488. The number of aldehydes is 1. The largest absolute Gasteiger partial charge is 0.493 e. The first kappa shape index (κ1) is 30.4. The maximum absolute atomic E-state index is 13.5. The van der Waals surface area contributed by atoms with Crippen LogP contribution in [-0.2, 0) is 9.59 Å². The third-order valence-corrected chi connectivity index (χ3v) is 7.39. The smallest absolute Gasteiger partial charge is 0.247 e. The molecule has 1 heterocycles. The number of aliphatic hydroxyl groups is 2. The number of methoxy groups -OCH3 is 1. The molecule has 2 amide bonds. The van der Waals surface area contributed by atoms with Crippen molar-refractivity contribution in [3.05, 3.63) is 47.6 Å². The van der Waals surface area contributed by atoms with Crippen LogP contribution in [0.5, 0.6) is 11.5 Å². The lowest BCUT2D eigenvalue weighted by molar-refractivity contribution is -0.137. The average molecular weight is 543 g/mol. The minimum absolute atomic E-state index is 0.0508. The van der Waals surface area contributed by atoms with Gasteiger partial charge in [-0.3, -0.25) is 14.4 Å². The van der Waals surface area contributed by atoms with E-state index >= 15 is 0 Å². The van der Waals surface area contributed by atoms with Gasteiger partial charge in [-0.15, -0.1) is 6.58 Å². The molecule has 2 aliphatic rings. The highest BCUT2D eigenvalue weighted by Crippen LogP contribution is 2.51. The number of nitrogens with zero attached hydrogens (tertiary/aromatic N) is 1. The van der Waals surface area contributed by atoms with Crippen molar-refractivity contribution in [2.45, 2.75) is 82.5 Å². The van der Waals surface area contributed by atoms with Crippen molar-refractivity contribution in [1.29, 1.82) is 0 Å². The summed E-state index contributed by atoms with van der Waals surface area (Å²) in [7, 11) is 1.46. The lowest BCUT2D eigenvalue weighted by Gasteiger charge is -2.41. The van der Waals surface area contributed by atoms with Crippen molar-refractivity contribution in [2.75, 3.05) is 26.8 Å². The first-order chi connectivity index (χ1) is 18.9. The normalized spacial score (nSPS) is 21.2. The van der Waals surface area contributed by atoms with Gasteiger partial charge in [-0.05, 0) is 43.9 Å². The third kappa shape index (κ3) is 7.08. The fourth-order valence-corrected chi connectivity index (χ4v) is 5.42. The molecular formula is C30H42N2O7. The van der Waals surface area contributed by atoms with Gasteiger partial charge in [-0.25, -0.2) is 0 Å². The van der Waals surface area contributed by atoms with Gasteiger partial charge in [-0.2, -0.15) is 0 Å². The molecular weight excluding hydrogens is 500 g/mol. The predicted octanol–water partition coefficient (Wildman–Crippen LogP) is 3.29. The van der Waals surface area contributed by atoms with Gasteiger partial charge >= 0.3 is 0 Å². The summed E-state index contributed by atoms with van der Waals surface area (Å²) in [4.78, 5) is 40.2. The molecule has 3 rings (SSSR count). The van der Waals surface area contributed by atoms with Gasteiger partial charge in [0.2, 0.25) is 11.8 Å². The number of aliphatic hydroxyl groups excluding tert-OH is 2. The molecule has 4 atom stereocenters. The summed E-state index contributed by atoms with van der Waals surface area (Å²) in [6.07, 6.45) is 8.72. The second-order valence-corrected chi connectivity index (χ2v) is 10.1. The first-order valence-corrected chi connectivity index (χ1v) is 13.9. The second-order valence-electron chi connectivity index (χ2n) is 10.1. The molecule has 1 aliphatic heterocycles. The molecule has 0 fully saturated rings. The Kier molecular flexibility index (Phi) is 11.6. The fraction of sp³-hybridized carbons (Fsp3) is 0.567. The van der Waals surface area contributed by atoms with Gasteiger partial charge in [-0.1, -0.05) is 32.3 Å². The Morgan fingerprint density at radius 1 is 1.21 bits per heavy atom. The van der Waals surface area contributed by atoms with Crippen LogP contribution < -0.4 is 14.8 Å². The molecule has 0 bridgehead atoms. The Hall–Kier alpha value is -3.17. The fourth-order valence-electron chi connectivity index (χ4n) is 5.42. The van der Waals surface area contributed by atoms with Crippen LogP contribution in [0.3, 0.4) is 0 Å². The molecule has 3 N–H and O–H groups in total. The van der Waals surface area contributed by atoms with E-state index in [-0.39, 0.29) is 19.1 Å². The first-order valence-electron chi connectivity index (χ1n) is 13.9. The number of carbonyl (C=O) groups excluding carboxylic acids is 3. The number of nitrogens with one attached hydrogen (secondary N) is 1. The van der Waals surface area contributed by atoms with E-state index in [1.165, 1.54) is 7.11 Å². The minimum Gasteiger partial charge on any atom is -0.493 e. The lowest BCUT2D eigenvalue weighted by atomic mass is 9.77. The molecule has 1 aromatic rings. The monoisotopic (exact) mass is 542 g/mol. The summed E-state index contributed by atoms with van der Waals surface area (Å²) in [5, 5.41) is 23.7. The number of hydrogen-bond acceptors (Lipinski definition) is 7. The van der Waals surface area contributed by atoms with Crippen molar-refractivity contribution >= 4 is 18.1 Å². The van der Waals surface area contributed by atoms with E-state index in [4.69, 9.17) is 9.47 Å². The number of unbranched alkanes of at least 4 members (excludes halogenated alkanes) is 5. The standard InChI is InChI=1S/C30H42N2O7/c1-4-6-8-10-12-25(35)32(14-11-9-7-5-2)23-18-22(30(37)31-13-15-33)26-21-16-20(19-34)17-24(38-3)28(21)39-29(26)27(23)36/h4,16-19,23,26-27,29,33,36H,1,5-15H2,2-3H3,(H,31,37). The van der Waals surface area contributed by atoms with Crippen molar-refractivity contribution in [2.24, 2.45) is 0 Å². The summed E-state index contributed by atoms with van der Waals surface area (Å²) >= 11 is 0. The zero-order chi connectivity index (χ0) is 28.4. The van der Waals surface area contributed by atoms with E-state index in [1.807, 2.05) is 6.08 Å². The maximum atomic E-state index is 13.5. The molecule has 214 valence electrons. The summed E-state index contributed by atoms with van der Waals surface area (Å²) in [6.45, 7) is 6.13. The molecule has 9 nitrogen and oxygen atoms in total. The van der Waals surface area contributed by atoms with Crippen LogP contribution in [0.2, 0.25) is 0 Å². The third-order valence-electron chi connectivity index (χ3n) is 7.39. The molecule has 0 spiro atoms. The molecule has 9 heteroatoms. The number of rotatable bonds is 16. The van der Waals surface area contributed by atoms with E-state index in [9.17, 15) is 24.6 Å². The summed E-state index contributed by atoms with van der Waals surface area (Å²) in [5.41, 5.74) is 1.24. The Morgan fingerprint density at radius 3 is 2.67 bits per heavy atom. The zero-order valence-corrected chi connectivity index (χ0v) is 23.1. The van der Waals surface area contributed by atoms with Gasteiger partial charge in [0.15, 0.2) is 11.5 Å². The summed E-state index contributed by atoms with van der Waals surface area (Å²) < 4.78 is 11.7. The number of ether oxygens (including phenoxy) is 2. The number of benzene rings is 1. The molecule has 0 radical (unpaired) electrons. The van der Waals surface area contributed by atoms with Gasteiger partial charge in [0, 0.05) is 36.2 Å². The van der Waals surface area contributed by atoms with Gasteiger partial charge in [0.1, 0.15) is 18.5 Å². The molecule has 1 aromatic carbocycles. The highest BCUT2D eigenvalue weighted by Gasteiger charge is 2.51.